The van der Waals surface area contributed by atoms with Crippen LogP contribution in [0.5, 0.6) is 11.5 Å². The number of fused-ring (bicyclic) bond motifs is 3. The number of phenols is 1. The molecule has 0 bridgehead atoms. The standard InChI is InChI=1S/C13H10O3/c1-15-8-6-10(14)13-9-4-2-3-5-11(9)16-12(13)7-8/h2-7,14H,1H3. The molecule has 0 amide bonds. The molecule has 1 N–H and O–H groups in total. The van der Waals surface area contributed by atoms with Crippen LogP contribution in [0.3, 0.4) is 0 Å². The van der Waals surface area contributed by atoms with Gasteiger partial charge >= 0.3 is 0 Å². The molecule has 0 atom stereocenters. The summed E-state index contributed by atoms with van der Waals surface area (Å²) in [5.74, 6) is 0.767. The first-order valence-corrected chi connectivity index (χ1v) is 4.98. The van der Waals surface area contributed by atoms with Gasteiger partial charge in [-0.05, 0) is 6.07 Å². The summed E-state index contributed by atoms with van der Waals surface area (Å²) in [5.41, 5.74) is 1.40. The van der Waals surface area contributed by atoms with E-state index in [1.807, 2.05) is 24.3 Å². The molecule has 3 heteroatoms. The lowest BCUT2D eigenvalue weighted by Gasteiger charge is -2.00. The third-order valence-corrected chi connectivity index (χ3v) is 2.67. The van der Waals surface area contributed by atoms with E-state index in [1.165, 1.54) is 0 Å². The lowest BCUT2D eigenvalue weighted by atomic mass is 10.1. The number of furan rings is 1. The number of rotatable bonds is 1. The topological polar surface area (TPSA) is 42.6 Å². The molecule has 0 aliphatic heterocycles. The van der Waals surface area contributed by atoms with E-state index in [9.17, 15) is 5.11 Å². The maximum atomic E-state index is 9.93. The summed E-state index contributed by atoms with van der Waals surface area (Å²) in [4.78, 5) is 0. The first-order valence-electron chi connectivity index (χ1n) is 4.98. The zero-order chi connectivity index (χ0) is 11.1. The molecule has 3 aromatic rings. The Morgan fingerprint density at radius 1 is 1.12 bits per heavy atom. The first kappa shape index (κ1) is 9.09. The maximum absolute atomic E-state index is 9.93. The van der Waals surface area contributed by atoms with Crippen molar-refractivity contribution in [3.05, 3.63) is 36.4 Å². The molecule has 3 rings (SSSR count). The predicted octanol–water partition coefficient (Wildman–Crippen LogP) is 3.30. The fraction of sp³-hybridized carbons (Fsp3) is 0.0769. The summed E-state index contributed by atoms with van der Waals surface area (Å²) < 4.78 is 10.7. The Balaban J connectivity index is 2.50. The smallest absolute Gasteiger partial charge is 0.142 e. The van der Waals surface area contributed by atoms with Crippen LogP contribution in [0.4, 0.5) is 0 Å². The maximum Gasteiger partial charge on any atom is 0.142 e. The highest BCUT2D eigenvalue weighted by atomic mass is 16.5. The molecule has 16 heavy (non-hydrogen) atoms. The highest BCUT2D eigenvalue weighted by Crippen LogP contribution is 2.37. The molecule has 0 aliphatic carbocycles. The molecule has 1 heterocycles. The van der Waals surface area contributed by atoms with E-state index in [4.69, 9.17) is 9.15 Å². The molecule has 2 aromatic carbocycles. The molecule has 0 radical (unpaired) electrons. The molecule has 0 aliphatic rings. The summed E-state index contributed by atoms with van der Waals surface area (Å²) in [6.45, 7) is 0. The minimum Gasteiger partial charge on any atom is -0.507 e. The van der Waals surface area contributed by atoms with Gasteiger partial charge in [0.15, 0.2) is 0 Å². The average molecular weight is 214 g/mol. The van der Waals surface area contributed by atoms with E-state index in [0.29, 0.717) is 11.3 Å². The first-order chi connectivity index (χ1) is 7.79. The molecular formula is C13H10O3. The van der Waals surface area contributed by atoms with E-state index in [-0.39, 0.29) is 5.75 Å². The fourth-order valence-corrected chi connectivity index (χ4v) is 1.93. The zero-order valence-corrected chi connectivity index (χ0v) is 8.73. The van der Waals surface area contributed by atoms with E-state index >= 15 is 0 Å². The minimum absolute atomic E-state index is 0.180. The van der Waals surface area contributed by atoms with Gasteiger partial charge in [0.2, 0.25) is 0 Å². The fourth-order valence-electron chi connectivity index (χ4n) is 1.93. The van der Waals surface area contributed by atoms with Crippen LogP contribution in [-0.2, 0) is 0 Å². The van der Waals surface area contributed by atoms with Crippen LogP contribution in [0, 0.1) is 0 Å². The normalized spacial score (nSPS) is 11.1. The van der Waals surface area contributed by atoms with Crippen LogP contribution in [0.1, 0.15) is 0 Å². The molecule has 0 fully saturated rings. The quantitative estimate of drug-likeness (QED) is 0.675. The second-order valence-corrected chi connectivity index (χ2v) is 3.62. The monoisotopic (exact) mass is 214 g/mol. The predicted molar refractivity (Wildman–Crippen MR) is 61.9 cm³/mol. The van der Waals surface area contributed by atoms with Gasteiger partial charge in [-0.3, -0.25) is 0 Å². The van der Waals surface area contributed by atoms with Crippen molar-refractivity contribution in [2.45, 2.75) is 0 Å². The van der Waals surface area contributed by atoms with Gasteiger partial charge < -0.3 is 14.3 Å². The second kappa shape index (κ2) is 3.17. The molecule has 3 nitrogen and oxygen atoms in total. The van der Waals surface area contributed by atoms with Crippen LogP contribution >= 0.6 is 0 Å². The third-order valence-electron chi connectivity index (χ3n) is 2.67. The van der Waals surface area contributed by atoms with Crippen molar-refractivity contribution >= 4 is 21.9 Å². The molecular weight excluding hydrogens is 204 g/mol. The summed E-state index contributed by atoms with van der Waals surface area (Å²) in [7, 11) is 1.56. The molecule has 1 aromatic heterocycles. The van der Waals surface area contributed by atoms with Crippen LogP contribution in [0.2, 0.25) is 0 Å². The van der Waals surface area contributed by atoms with Crippen molar-refractivity contribution in [2.24, 2.45) is 0 Å². The summed E-state index contributed by atoms with van der Waals surface area (Å²) >= 11 is 0. The number of hydrogen-bond donors (Lipinski definition) is 1. The molecule has 0 spiro atoms. The van der Waals surface area contributed by atoms with Crippen molar-refractivity contribution in [1.82, 2.24) is 0 Å². The molecule has 0 saturated carbocycles. The van der Waals surface area contributed by atoms with Crippen molar-refractivity contribution in [3.8, 4) is 11.5 Å². The zero-order valence-electron chi connectivity index (χ0n) is 8.73. The van der Waals surface area contributed by atoms with Crippen LogP contribution in [-0.4, -0.2) is 12.2 Å². The minimum atomic E-state index is 0.180. The van der Waals surface area contributed by atoms with Crippen molar-refractivity contribution in [2.75, 3.05) is 7.11 Å². The number of hydrogen-bond acceptors (Lipinski definition) is 3. The van der Waals surface area contributed by atoms with Crippen molar-refractivity contribution in [3.63, 3.8) is 0 Å². The summed E-state index contributed by atoms with van der Waals surface area (Å²) in [6.07, 6.45) is 0. The van der Waals surface area contributed by atoms with Crippen LogP contribution in [0.15, 0.2) is 40.8 Å². The number of para-hydroxylation sites is 1. The van der Waals surface area contributed by atoms with E-state index in [1.54, 1.807) is 19.2 Å². The van der Waals surface area contributed by atoms with Gasteiger partial charge in [0.25, 0.3) is 0 Å². The molecule has 0 saturated heterocycles. The lowest BCUT2D eigenvalue weighted by Crippen LogP contribution is -1.81. The number of ether oxygens (including phenoxy) is 1. The number of methoxy groups -OCH3 is 1. The number of aromatic hydroxyl groups is 1. The highest BCUT2D eigenvalue weighted by molar-refractivity contribution is 6.08. The van der Waals surface area contributed by atoms with Crippen molar-refractivity contribution < 1.29 is 14.3 Å². The van der Waals surface area contributed by atoms with Gasteiger partial charge in [-0.15, -0.1) is 0 Å². The van der Waals surface area contributed by atoms with Gasteiger partial charge in [-0.1, -0.05) is 18.2 Å². The SMILES string of the molecule is COc1cc(O)c2c(c1)oc1ccccc12. The van der Waals surface area contributed by atoms with E-state index < -0.39 is 0 Å². The Morgan fingerprint density at radius 2 is 1.94 bits per heavy atom. The van der Waals surface area contributed by atoms with Gasteiger partial charge in [0, 0.05) is 17.5 Å². The van der Waals surface area contributed by atoms with Gasteiger partial charge in [-0.25, -0.2) is 0 Å². The second-order valence-electron chi connectivity index (χ2n) is 3.62. The van der Waals surface area contributed by atoms with Gasteiger partial charge in [0.05, 0.1) is 12.5 Å². The van der Waals surface area contributed by atoms with Crippen LogP contribution in [0.25, 0.3) is 21.9 Å². The third kappa shape index (κ3) is 1.15. The Bertz CT molecular complexity index is 667. The lowest BCUT2D eigenvalue weighted by molar-refractivity contribution is 0.408. The largest absolute Gasteiger partial charge is 0.507 e. The van der Waals surface area contributed by atoms with Gasteiger partial charge in [-0.2, -0.15) is 0 Å². The molecule has 80 valence electrons. The Morgan fingerprint density at radius 3 is 2.75 bits per heavy atom. The Hall–Kier alpha value is -2.16. The van der Waals surface area contributed by atoms with E-state index in [2.05, 4.69) is 0 Å². The summed E-state index contributed by atoms with van der Waals surface area (Å²) in [6, 6.07) is 11.0. The Labute approximate surface area is 91.9 Å². The highest BCUT2D eigenvalue weighted by Gasteiger charge is 2.11. The number of phenolic OH excluding ortho intramolecular Hbond substituents is 1. The van der Waals surface area contributed by atoms with Crippen LogP contribution < -0.4 is 4.74 Å². The number of benzene rings is 2. The van der Waals surface area contributed by atoms with E-state index in [0.717, 1.165) is 16.4 Å². The van der Waals surface area contributed by atoms with Gasteiger partial charge in [0.1, 0.15) is 22.7 Å². The Kier molecular flexibility index (Phi) is 1.80. The molecule has 0 unspecified atom stereocenters. The summed E-state index contributed by atoms with van der Waals surface area (Å²) in [5, 5.41) is 11.6. The average Bonchev–Trinajstić information content (AvgIpc) is 2.67. The van der Waals surface area contributed by atoms with Crippen molar-refractivity contribution in [1.29, 1.82) is 0 Å².